The highest BCUT2D eigenvalue weighted by molar-refractivity contribution is 5.88. The van der Waals surface area contributed by atoms with Crippen molar-refractivity contribution < 1.29 is 9.90 Å². The first kappa shape index (κ1) is 16.3. The molecule has 3 aromatic rings. The van der Waals surface area contributed by atoms with Gasteiger partial charge in [-0.05, 0) is 24.6 Å². The number of nitrogens with one attached hydrogen (secondary N) is 1. The van der Waals surface area contributed by atoms with Crippen LogP contribution < -0.4 is 32.2 Å². The van der Waals surface area contributed by atoms with Gasteiger partial charge in [0.05, 0.1) is 11.7 Å². The highest BCUT2D eigenvalue weighted by atomic mass is 16.4. The Morgan fingerprint density at radius 2 is 1.60 bits per heavy atom. The van der Waals surface area contributed by atoms with Crippen LogP contribution in [0.25, 0.3) is 10.8 Å². The summed E-state index contributed by atoms with van der Waals surface area (Å²) in [6.07, 6.45) is 0. The van der Waals surface area contributed by atoms with Gasteiger partial charge in [0, 0.05) is 16.3 Å². The van der Waals surface area contributed by atoms with Gasteiger partial charge in [0.1, 0.15) is 0 Å². The summed E-state index contributed by atoms with van der Waals surface area (Å²) in [5, 5.41) is 14.3. The summed E-state index contributed by atoms with van der Waals surface area (Å²) in [6.45, 7) is 1.57. The Hall–Kier alpha value is -3.61. The van der Waals surface area contributed by atoms with Crippen LogP contribution in [0.3, 0.4) is 0 Å². The van der Waals surface area contributed by atoms with E-state index in [1.807, 2.05) is 0 Å². The highest BCUT2D eigenvalue weighted by Crippen LogP contribution is 2.14. The topological polar surface area (TPSA) is 116 Å². The van der Waals surface area contributed by atoms with Gasteiger partial charge in [-0.15, -0.1) is 0 Å². The van der Waals surface area contributed by atoms with E-state index in [0.29, 0.717) is 11.3 Å². The molecule has 0 radical (unpaired) electrons. The van der Waals surface area contributed by atoms with Crippen molar-refractivity contribution in [2.24, 2.45) is 5.10 Å². The molecule has 0 aromatic heterocycles. The molecule has 0 saturated heterocycles. The van der Waals surface area contributed by atoms with E-state index in [2.05, 4.69) is 10.5 Å². The molecule has 0 unspecified atom stereocenters. The molecule has 0 saturated carbocycles. The summed E-state index contributed by atoms with van der Waals surface area (Å²) in [4.78, 5) is 47.4. The summed E-state index contributed by atoms with van der Waals surface area (Å²) >= 11 is 0. The quantitative estimate of drug-likeness (QED) is 0.504. The van der Waals surface area contributed by atoms with Gasteiger partial charge in [-0.2, -0.15) is 5.10 Å². The Labute approximate surface area is 140 Å². The number of rotatable bonds is 3. The molecule has 1 N–H and O–H groups in total. The first-order valence-electron chi connectivity index (χ1n) is 7.28. The molecule has 0 spiro atoms. The lowest BCUT2D eigenvalue weighted by Crippen LogP contribution is -2.48. The van der Waals surface area contributed by atoms with Crippen molar-refractivity contribution in [1.29, 1.82) is 0 Å². The molecule has 0 amide bonds. The maximum atomic E-state index is 12.4. The summed E-state index contributed by atoms with van der Waals surface area (Å²) in [7, 11) is 0. The van der Waals surface area contributed by atoms with Crippen LogP contribution in [0.4, 0.5) is 5.69 Å². The molecule has 0 heterocycles. The van der Waals surface area contributed by atoms with E-state index in [9.17, 15) is 24.3 Å². The van der Waals surface area contributed by atoms with Crippen molar-refractivity contribution in [2.75, 3.05) is 5.43 Å². The second-order valence-electron chi connectivity index (χ2n) is 5.42. The smallest absolute Gasteiger partial charge is 0.257 e. The number of carbonyl (C=O) groups excluding carboxylic acids is 1. The molecule has 7 heteroatoms. The fourth-order valence-corrected chi connectivity index (χ4v) is 2.52. The lowest BCUT2D eigenvalue weighted by Gasteiger charge is -2.08. The van der Waals surface area contributed by atoms with E-state index in [0.717, 1.165) is 0 Å². The fraction of sp³-hybridized carbons (Fsp3) is 0.0556. The molecule has 0 aliphatic heterocycles. The Morgan fingerprint density at radius 1 is 0.960 bits per heavy atom. The molecule has 25 heavy (non-hydrogen) atoms. The first-order valence-corrected chi connectivity index (χ1v) is 7.28. The number of hydrogen-bond donors (Lipinski definition) is 1. The molecule has 3 rings (SSSR count). The molecule has 7 nitrogen and oxygen atoms in total. The number of nitrogens with zero attached hydrogens (tertiary/aromatic N) is 1. The van der Waals surface area contributed by atoms with Gasteiger partial charge in [-0.1, -0.05) is 30.3 Å². The number of carboxylic acid groups (broad SMARTS) is 1. The number of aromatic carboxylic acids is 1. The zero-order chi connectivity index (χ0) is 18.1. The van der Waals surface area contributed by atoms with E-state index in [1.165, 1.54) is 30.3 Å². The minimum Gasteiger partial charge on any atom is -0.545 e. The van der Waals surface area contributed by atoms with Crippen LogP contribution in [0.1, 0.15) is 15.9 Å². The van der Waals surface area contributed by atoms with Crippen molar-refractivity contribution >= 4 is 22.4 Å². The number of fused-ring (bicyclic) bond motifs is 1. The average molecular weight is 335 g/mol. The third-order valence-corrected chi connectivity index (χ3v) is 3.80. The lowest BCUT2D eigenvalue weighted by molar-refractivity contribution is -0.255. The van der Waals surface area contributed by atoms with E-state index in [4.69, 9.17) is 0 Å². The maximum Gasteiger partial charge on any atom is 0.257 e. The molecule has 0 atom stereocenters. The third-order valence-electron chi connectivity index (χ3n) is 3.80. The lowest BCUT2D eigenvalue weighted by atomic mass is 10.1. The van der Waals surface area contributed by atoms with Crippen LogP contribution in [0.2, 0.25) is 0 Å². The SMILES string of the molecule is Cc1cc(N/N=c2\c(=O)c(=O)c3ccccc3c2=O)ccc1C(=O)[O-]. The van der Waals surface area contributed by atoms with Crippen LogP contribution in [0, 0.1) is 6.92 Å². The zero-order valence-corrected chi connectivity index (χ0v) is 13.0. The van der Waals surface area contributed by atoms with Gasteiger partial charge in [0.25, 0.3) is 5.43 Å². The van der Waals surface area contributed by atoms with Gasteiger partial charge >= 0.3 is 0 Å². The van der Waals surface area contributed by atoms with E-state index < -0.39 is 27.6 Å². The summed E-state index contributed by atoms with van der Waals surface area (Å²) in [5.74, 6) is -1.31. The van der Waals surface area contributed by atoms with Crippen molar-refractivity contribution in [3.8, 4) is 0 Å². The largest absolute Gasteiger partial charge is 0.545 e. The van der Waals surface area contributed by atoms with Gasteiger partial charge < -0.3 is 9.90 Å². The van der Waals surface area contributed by atoms with Gasteiger partial charge in [-0.3, -0.25) is 19.8 Å². The summed E-state index contributed by atoms with van der Waals surface area (Å²) in [6, 6.07) is 10.2. The molecule has 3 aromatic carbocycles. The second kappa shape index (κ2) is 6.12. The van der Waals surface area contributed by atoms with E-state index >= 15 is 0 Å². The molecule has 0 aliphatic rings. The fourth-order valence-electron chi connectivity index (χ4n) is 2.52. The predicted octanol–water partition coefficient (Wildman–Crippen LogP) is -0.604. The van der Waals surface area contributed by atoms with Crippen LogP contribution in [-0.2, 0) is 0 Å². The number of hydrogen-bond acceptors (Lipinski definition) is 7. The van der Waals surface area contributed by atoms with Crippen LogP contribution >= 0.6 is 0 Å². The standard InChI is InChI=1S/C18H12N2O5/c1-9-8-10(6-7-11(9)18(24)25)19-20-14-15(21)12-4-2-3-5-13(12)16(22)17(14)23/h2-8,19H,1H3,(H,24,25)/p-1/b20-14-. The molecule has 0 fully saturated rings. The van der Waals surface area contributed by atoms with Gasteiger partial charge in [0.15, 0.2) is 5.36 Å². The zero-order valence-electron chi connectivity index (χ0n) is 13.0. The number of aryl methyl sites for hydroxylation is 1. The second-order valence-corrected chi connectivity index (χ2v) is 5.42. The van der Waals surface area contributed by atoms with Crippen LogP contribution in [-0.4, -0.2) is 5.97 Å². The molecular formula is C18H11N2O5-. The maximum absolute atomic E-state index is 12.4. The molecule has 0 bridgehead atoms. The Kier molecular flexibility index (Phi) is 3.98. The third kappa shape index (κ3) is 2.83. The average Bonchev–Trinajstić information content (AvgIpc) is 2.59. The summed E-state index contributed by atoms with van der Waals surface area (Å²) in [5.41, 5.74) is 0.900. The van der Waals surface area contributed by atoms with Gasteiger partial charge in [0.2, 0.25) is 10.9 Å². The first-order chi connectivity index (χ1) is 11.9. The normalized spacial score (nSPS) is 11.6. The minimum atomic E-state index is -1.31. The monoisotopic (exact) mass is 335 g/mol. The minimum absolute atomic E-state index is 0.0205. The number of carbonyl (C=O) groups is 1. The molecule has 124 valence electrons. The van der Waals surface area contributed by atoms with Crippen molar-refractivity contribution in [3.05, 3.63) is 89.6 Å². The summed E-state index contributed by atoms with van der Waals surface area (Å²) < 4.78 is 0. The van der Waals surface area contributed by atoms with Crippen molar-refractivity contribution in [3.63, 3.8) is 0 Å². The highest BCUT2D eigenvalue weighted by Gasteiger charge is 2.10. The molecule has 0 aliphatic carbocycles. The van der Waals surface area contributed by atoms with Crippen molar-refractivity contribution in [1.82, 2.24) is 0 Å². The number of benzene rings is 3. The van der Waals surface area contributed by atoms with Crippen LogP contribution in [0.5, 0.6) is 0 Å². The van der Waals surface area contributed by atoms with Gasteiger partial charge in [-0.25, -0.2) is 0 Å². The van der Waals surface area contributed by atoms with Crippen molar-refractivity contribution in [2.45, 2.75) is 6.92 Å². The molecular weight excluding hydrogens is 324 g/mol. The predicted molar refractivity (Wildman–Crippen MR) is 89.8 cm³/mol. The van der Waals surface area contributed by atoms with E-state index in [-0.39, 0.29) is 16.3 Å². The Morgan fingerprint density at radius 3 is 2.20 bits per heavy atom. The number of anilines is 1. The Bertz CT molecular complexity index is 1220. The number of carboxylic acids is 1. The van der Waals surface area contributed by atoms with Crippen LogP contribution in [0.15, 0.2) is 61.9 Å². The van der Waals surface area contributed by atoms with E-state index in [1.54, 1.807) is 19.1 Å². The Balaban J connectivity index is 2.13.